The predicted octanol–water partition coefficient (Wildman–Crippen LogP) is 3.32. The maximum atomic E-state index is 5.54. The smallest absolute Gasteiger partial charge is 0.191 e. The molecular formula is C18H30IN3O. The van der Waals surface area contributed by atoms with Crippen LogP contribution >= 0.6 is 24.0 Å². The van der Waals surface area contributed by atoms with E-state index in [1.54, 1.807) is 0 Å². The molecule has 2 N–H and O–H groups in total. The first-order valence-corrected chi connectivity index (χ1v) is 8.28. The normalized spacial score (nSPS) is 15.9. The van der Waals surface area contributed by atoms with Crippen molar-refractivity contribution in [3.8, 4) is 0 Å². The van der Waals surface area contributed by atoms with Crippen LogP contribution in [-0.4, -0.2) is 38.8 Å². The van der Waals surface area contributed by atoms with Crippen molar-refractivity contribution in [2.24, 2.45) is 4.99 Å². The third kappa shape index (κ3) is 6.67. The van der Waals surface area contributed by atoms with Crippen molar-refractivity contribution in [2.75, 3.05) is 26.7 Å². The van der Waals surface area contributed by atoms with Crippen molar-refractivity contribution in [3.05, 3.63) is 35.9 Å². The molecule has 23 heavy (non-hydrogen) atoms. The quantitative estimate of drug-likeness (QED) is 0.287. The summed E-state index contributed by atoms with van der Waals surface area (Å²) in [6.45, 7) is 6.73. The number of hydrogen-bond donors (Lipinski definition) is 2. The molecule has 0 unspecified atom stereocenters. The van der Waals surface area contributed by atoms with Crippen LogP contribution in [0.25, 0.3) is 0 Å². The molecule has 2 rings (SSSR count). The number of guanidine groups is 1. The van der Waals surface area contributed by atoms with E-state index < -0.39 is 0 Å². The Morgan fingerprint density at radius 1 is 1.22 bits per heavy atom. The second kappa shape index (κ2) is 10.1. The van der Waals surface area contributed by atoms with Gasteiger partial charge >= 0.3 is 0 Å². The highest BCUT2D eigenvalue weighted by molar-refractivity contribution is 14.0. The number of nitrogens with zero attached hydrogens (tertiary/aromatic N) is 1. The molecule has 0 bridgehead atoms. The molecule has 0 aliphatic heterocycles. The molecule has 0 radical (unpaired) electrons. The first kappa shape index (κ1) is 20.2. The minimum atomic E-state index is 0. The monoisotopic (exact) mass is 431 g/mol. The average Bonchev–Trinajstić information content (AvgIpc) is 3.32. The zero-order chi connectivity index (χ0) is 15.8. The maximum Gasteiger partial charge on any atom is 0.191 e. The summed E-state index contributed by atoms with van der Waals surface area (Å²) in [5.74, 6) is 0.881. The summed E-state index contributed by atoms with van der Waals surface area (Å²) in [5.41, 5.74) is 1.74. The third-order valence-corrected chi connectivity index (χ3v) is 4.12. The van der Waals surface area contributed by atoms with E-state index in [1.807, 2.05) is 7.05 Å². The first-order chi connectivity index (χ1) is 10.7. The molecule has 0 amide bonds. The van der Waals surface area contributed by atoms with Gasteiger partial charge in [0.2, 0.25) is 0 Å². The summed E-state index contributed by atoms with van der Waals surface area (Å²) in [5, 5.41) is 6.82. The Labute approximate surface area is 157 Å². The molecule has 1 saturated carbocycles. The van der Waals surface area contributed by atoms with Gasteiger partial charge in [0.25, 0.3) is 0 Å². The van der Waals surface area contributed by atoms with Gasteiger partial charge in [-0.2, -0.15) is 0 Å². The van der Waals surface area contributed by atoms with Crippen molar-refractivity contribution >= 4 is 29.9 Å². The van der Waals surface area contributed by atoms with Gasteiger partial charge in [-0.1, -0.05) is 30.3 Å². The van der Waals surface area contributed by atoms with Gasteiger partial charge < -0.3 is 15.4 Å². The van der Waals surface area contributed by atoms with E-state index in [0.29, 0.717) is 11.5 Å². The Bertz CT molecular complexity index is 472. The molecular weight excluding hydrogens is 401 g/mol. The summed E-state index contributed by atoms with van der Waals surface area (Å²) in [7, 11) is 1.82. The zero-order valence-corrected chi connectivity index (χ0v) is 16.8. The van der Waals surface area contributed by atoms with Gasteiger partial charge in [-0.05, 0) is 38.7 Å². The molecule has 130 valence electrons. The molecule has 0 spiro atoms. The summed E-state index contributed by atoms with van der Waals surface area (Å²) in [6.07, 6.45) is 3.80. The van der Waals surface area contributed by atoms with Crippen LogP contribution in [-0.2, 0) is 10.2 Å². The van der Waals surface area contributed by atoms with Gasteiger partial charge in [0, 0.05) is 32.2 Å². The molecule has 1 aliphatic rings. The van der Waals surface area contributed by atoms with Gasteiger partial charge in [-0.25, -0.2) is 0 Å². The van der Waals surface area contributed by atoms with Gasteiger partial charge in [-0.15, -0.1) is 24.0 Å². The van der Waals surface area contributed by atoms with E-state index in [4.69, 9.17) is 4.74 Å². The van der Waals surface area contributed by atoms with E-state index >= 15 is 0 Å². The number of hydrogen-bond acceptors (Lipinski definition) is 2. The lowest BCUT2D eigenvalue weighted by atomic mass is 9.96. The standard InChI is InChI=1S/C18H29N3O.HI/c1-15(2)22-13-7-12-20-17(19-3)21-14-18(10-11-18)16-8-5-4-6-9-16;/h4-6,8-9,15H,7,10-14H2,1-3H3,(H2,19,20,21);1H. The molecule has 0 saturated heterocycles. The van der Waals surface area contributed by atoms with Gasteiger partial charge in [0.05, 0.1) is 6.10 Å². The minimum absolute atomic E-state index is 0. The van der Waals surface area contributed by atoms with E-state index in [1.165, 1.54) is 18.4 Å². The van der Waals surface area contributed by atoms with Crippen molar-refractivity contribution in [3.63, 3.8) is 0 Å². The Kier molecular flexibility index (Phi) is 8.91. The molecule has 0 atom stereocenters. The Morgan fingerprint density at radius 3 is 2.48 bits per heavy atom. The summed E-state index contributed by atoms with van der Waals surface area (Å²) in [4.78, 5) is 4.30. The van der Waals surface area contributed by atoms with E-state index in [-0.39, 0.29) is 24.0 Å². The molecule has 0 heterocycles. The lowest BCUT2D eigenvalue weighted by molar-refractivity contribution is 0.0776. The number of ether oxygens (including phenoxy) is 1. The van der Waals surface area contributed by atoms with Crippen LogP contribution in [0.1, 0.15) is 38.7 Å². The fraction of sp³-hybridized carbons (Fsp3) is 0.611. The third-order valence-electron chi connectivity index (χ3n) is 4.12. The van der Waals surface area contributed by atoms with E-state index in [2.05, 4.69) is 59.8 Å². The largest absolute Gasteiger partial charge is 0.379 e. The minimum Gasteiger partial charge on any atom is -0.379 e. The first-order valence-electron chi connectivity index (χ1n) is 8.28. The molecule has 1 aliphatic carbocycles. The Hall–Kier alpha value is -0.820. The van der Waals surface area contributed by atoms with E-state index in [9.17, 15) is 0 Å². The number of halogens is 1. The summed E-state index contributed by atoms with van der Waals surface area (Å²) >= 11 is 0. The van der Waals surface area contributed by atoms with E-state index in [0.717, 1.165) is 32.1 Å². The number of aliphatic imine (C=N–C) groups is 1. The summed E-state index contributed by atoms with van der Waals surface area (Å²) < 4.78 is 5.54. The fourth-order valence-corrected chi connectivity index (χ4v) is 2.58. The predicted molar refractivity (Wildman–Crippen MR) is 108 cm³/mol. The van der Waals surface area contributed by atoms with Crippen molar-refractivity contribution in [1.29, 1.82) is 0 Å². The van der Waals surface area contributed by atoms with Crippen LogP contribution in [0, 0.1) is 0 Å². The second-order valence-electron chi connectivity index (χ2n) is 6.27. The molecule has 5 heteroatoms. The van der Waals surface area contributed by atoms with Crippen LogP contribution < -0.4 is 10.6 Å². The molecule has 0 aromatic heterocycles. The Morgan fingerprint density at radius 2 is 1.91 bits per heavy atom. The zero-order valence-electron chi connectivity index (χ0n) is 14.5. The van der Waals surface area contributed by atoms with Crippen LogP contribution in [0.4, 0.5) is 0 Å². The summed E-state index contributed by atoms with van der Waals surface area (Å²) in [6, 6.07) is 10.8. The maximum absolute atomic E-state index is 5.54. The SMILES string of the molecule is CN=C(NCCCOC(C)C)NCC1(c2ccccc2)CC1.I. The number of benzene rings is 1. The van der Waals surface area contributed by atoms with Crippen LogP contribution in [0.3, 0.4) is 0 Å². The molecule has 1 aromatic rings. The lowest BCUT2D eigenvalue weighted by Gasteiger charge is -2.19. The van der Waals surface area contributed by atoms with Crippen LogP contribution in [0.15, 0.2) is 35.3 Å². The number of nitrogens with one attached hydrogen (secondary N) is 2. The van der Waals surface area contributed by atoms with Crippen molar-refractivity contribution in [1.82, 2.24) is 10.6 Å². The highest BCUT2D eigenvalue weighted by atomic mass is 127. The van der Waals surface area contributed by atoms with Crippen molar-refractivity contribution in [2.45, 2.75) is 44.6 Å². The lowest BCUT2D eigenvalue weighted by Crippen LogP contribution is -2.41. The highest BCUT2D eigenvalue weighted by Crippen LogP contribution is 2.47. The number of rotatable bonds is 8. The highest BCUT2D eigenvalue weighted by Gasteiger charge is 2.43. The topological polar surface area (TPSA) is 45.7 Å². The fourth-order valence-electron chi connectivity index (χ4n) is 2.58. The van der Waals surface area contributed by atoms with Crippen LogP contribution in [0.2, 0.25) is 0 Å². The molecule has 4 nitrogen and oxygen atoms in total. The van der Waals surface area contributed by atoms with Gasteiger partial charge in [0.1, 0.15) is 0 Å². The van der Waals surface area contributed by atoms with Gasteiger partial charge in [0.15, 0.2) is 5.96 Å². The van der Waals surface area contributed by atoms with Crippen molar-refractivity contribution < 1.29 is 4.74 Å². The average molecular weight is 431 g/mol. The Balaban J connectivity index is 0.00000264. The van der Waals surface area contributed by atoms with Gasteiger partial charge in [-0.3, -0.25) is 4.99 Å². The van der Waals surface area contributed by atoms with Crippen LogP contribution in [0.5, 0.6) is 0 Å². The molecule has 1 fully saturated rings. The second-order valence-corrected chi connectivity index (χ2v) is 6.27. The molecule has 1 aromatic carbocycles.